The molecular formula is C23H18Cl2F3N3O3S. The summed E-state index contributed by atoms with van der Waals surface area (Å²) in [6, 6.07) is 17.1. The van der Waals surface area contributed by atoms with Crippen LogP contribution in [0.2, 0.25) is 10.0 Å². The number of nitrogens with zero attached hydrogens (tertiary/aromatic N) is 2. The Morgan fingerprint density at radius 2 is 1.66 bits per heavy atom. The second kappa shape index (κ2) is 11.2. The summed E-state index contributed by atoms with van der Waals surface area (Å²) in [4.78, 5) is 12.2. The molecule has 6 nitrogen and oxygen atoms in total. The van der Waals surface area contributed by atoms with Crippen molar-refractivity contribution in [3.05, 3.63) is 99.5 Å². The molecule has 0 aliphatic rings. The molecule has 3 rings (SSSR count). The van der Waals surface area contributed by atoms with Gasteiger partial charge in [0.05, 0.1) is 23.3 Å². The predicted octanol–water partition coefficient (Wildman–Crippen LogP) is 5.35. The lowest BCUT2D eigenvalue weighted by atomic mass is 10.1. The highest BCUT2D eigenvalue weighted by Crippen LogP contribution is 2.31. The lowest BCUT2D eigenvalue weighted by molar-refractivity contribution is -0.137. The fraction of sp³-hybridized carbons (Fsp3) is 0.130. The molecule has 0 bridgehead atoms. The number of carbonyl (C=O) groups excluding carboxylic acids is 1. The van der Waals surface area contributed by atoms with Gasteiger partial charge in [-0.05, 0) is 29.8 Å². The average Bonchev–Trinajstić information content (AvgIpc) is 2.80. The van der Waals surface area contributed by atoms with Crippen molar-refractivity contribution in [3.63, 3.8) is 0 Å². The van der Waals surface area contributed by atoms with Crippen LogP contribution in [-0.2, 0) is 27.5 Å². The Morgan fingerprint density at radius 1 is 1.00 bits per heavy atom. The Morgan fingerprint density at radius 3 is 2.34 bits per heavy atom. The Bertz CT molecular complexity index is 1330. The Kier molecular flexibility index (Phi) is 8.55. The number of hydrazone groups is 1. The second-order valence-electron chi connectivity index (χ2n) is 7.21. The highest BCUT2D eigenvalue weighted by Gasteiger charge is 2.32. The fourth-order valence-corrected chi connectivity index (χ4v) is 5.19. The molecule has 0 heterocycles. The molecule has 0 saturated heterocycles. The van der Waals surface area contributed by atoms with Crippen LogP contribution in [-0.4, -0.2) is 31.4 Å². The molecule has 0 saturated carbocycles. The molecule has 0 aliphatic heterocycles. The number of amides is 1. The van der Waals surface area contributed by atoms with E-state index in [9.17, 15) is 26.4 Å². The van der Waals surface area contributed by atoms with Crippen LogP contribution in [0.5, 0.6) is 0 Å². The van der Waals surface area contributed by atoms with E-state index in [1.54, 1.807) is 30.3 Å². The van der Waals surface area contributed by atoms with E-state index >= 15 is 0 Å². The van der Waals surface area contributed by atoms with Gasteiger partial charge < -0.3 is 0 Å². The molecule has 0 aliphatic carbocycles. The van der Waals surface area contributed by atoms with Crippen molar-refractivity contribution in [2.75, 3.05) is 6.54 Å². The molecule has 35 heavy (non-hydrogen) atoms. The molecule has 12 heteroatoms. The normalized spacial score (nSPS) is 12.3. The number of alkyl halides is 3. The molecule has 0 spiro atoms. The van der Waals surface area contributed by atoms with Crippen molar-refractivity contribution >= 4 is 45.3 Å². The van der Waals surface area contributed by atoms with E-state index < -0.39 is 34.2 Å². The fourth-order valence-electron chi connectivity index (χ4n) is 3.06. The van der Waals surface area contributed by atoms with Gasteiger partial charge in [0, 0.05) is 17.1 Å². The number of rotatable bonds is 8. The molecule has 0 radical (unpaired) electrons. The summed E-state index contributed by atoms with van der Waals surface area (Å²) < 4.78 is 66.9. The van der Waals surface area contributed by atoms with Gasteiger partial charge in [-0.25, -0.2) is 13.8 Å². The van der Waals surface area contributed by atoms with Gasteiger partial charge in [0.1, 0.15) is 4.90 Å². The van der Waals surface area contributed by atoms with Crippen molar-refractivity contribution < 1.29 is 26.4 Å². The van der Waals surface area contributed by atoms with E-state index in [1.165, 1.54) is 36.4 Å². The number of benzene rings is 3. The molecule has 0 unspecified atom stereocenters. The van der Waals surface area contributed by atoms with Crippen molar-refractivity contribution in [1.29, 1.82) is 0 Å². The number of halogens is 5. The summed E-state index contributed by atoms with van der Waals surface area (Å²) in [6.07, 6.45) is -3.77. The third kappa shape index (κ3) is 7.04. The van der Waals surface area contributed by atoms with Crippen molar-refractivity contribution in [3.8, 4) is 0 Å². The first-order valence-electron chi connectivity index (χ1n) is 9.96. The van der Waals surface area contributed by atoms with Gasteiger partial charge in [-0.2, -0.15) is 22.6 Å². The number of sulfonamides is 1. The molecular weight excluding hydrogens is 526 g/mol. The second-order valence-corrected chi connectivity index (χ2v) is 9.96. The lowest BCUT2D eigenvalue weighted by Crippen LogP contribution is -2.39. The molecule has 3 aromatic rings. The van der Waals surface area contributed by atoms with Crippen molar-refractivity contribution in [2.45, 2.75) is 17.6 Å². The summed E-state index contributed by atoms with van der Waals surface area (Å²) in [6.45, 7) is -0.863. The third-order valence-electron chi connectivity index (χ3n) is 4.69. The summed E-state index contributed by atoms with van der Waals surface area (Å²) in [5.74, 6) is -0.872. The predicted molar refractivity (Wildman–Crippen MR) is 128 cm³/mol. The Balaban J connectivity index is 1.84. The topological polar surface area (TPSA) is 78.8 Å². The van der Waals surface area contributed by atoms with Crippen LogP contribution in [0.25, 0.3) is 0 Å². The maximum atomic E-state index is 13.3. The minimum atomic E-state index is -4.61. The van der Waals surface area contributed by atoms with Crippen LogP contribution in [0, 0.1) is 0 Å². The smallest absolute Gasteiger partial charge is 0.272 e. The van der Waals surface area contributed by atoms with Crippen LogP contribution in [0.15, 0.2) is 82.8 Å². The zero-order chi connectivity index (χ0) is 25.6. The van der Waals surface area contributed by atoms with Gasteiger partial charge in [0.15, 0.2) is 0 Å². The first kappa shape index (κ1) is 26.7. The van der Waals surface area contributed by atoms with Crippen LogP contribution >= 0.6 is 23.2 Å². The van der Waals surface area contributed by atoms with E-state index in [4.69, 9.17) is 23.2 Å². The van der Waals surface area contributed by atoms with Gasteiger partial charge in [-0.3, -0.25) is 4.79 Å². The number of carbonyl (C=O) groups is 1. The van der Waals surface area contributed by atoms with E-state index in [1.807, 2.05) is 0 Å². The summed E-state index contributed by atoms with van der Waals surface area (Å²) in [5, 5.41) is 3.61. The molecule has 184 valence electrons. The van der Waals surface area contributed by atoms with E-state index in [0.717, 1.165) is 16.6 Å². The number of hydrogen-bond donors (Lipinski definition) is 1. The maximum absolute atomic E-state index is 13.3. The summed E-state index contributed by atoms with van der Waals surface area (Å²) >= 11 is 12.0. The first-order chi connectivity index (χ1) is 16.5. The minimum Gasteiger partial charge on any atom is -0.272 e. The van der Waals surface area contributed by atoms with Crippen molar-refractivity contribution in [1.82, 2.24) is 9.73 Å². The van der Waals surface area contributed by atoms with Gasteiger partial charge in [-0.1, -0.05) is 71.7 Å². The van der Waals surface area contributed by atoms with Crippen LogP contribution in [0.1, 0.15) is 16.7 Å². The minimum absolute atomic E-state index is 0.0883. The molecule has 0 fully saturated rings. The van der Waals surface area contributed by atoms with Crippen molar-refractivity contribution in [2.24, 2.45) is 5.10 Å². The van der Waals surface area contributed by atoms with E-state index in [2.05, 4.69) is 10.5 Å². The number of nitrogens with one attached hydrogen (secondary N) is 1. The third-order valence-corrected chi connectivity index (χ3v) is 7.20. The van der Waals surface area contributed by atoms with Crippen LogP contribution < -0.4 is 5.43 Å². The summed E-state index contributed by atoms with van der Waals surface area (Å²) in [7, 11) is -4.30. The zero-order valence-corrected chi connectivity index (χ0v) is 20.2. The van der Waals surface area contributed by atoms with E-state index in [-0.39, 0.29) is 27.0 Å². The highest BCUT2D eigenvalue weighted by molar-refractivity contribution is 7.89. The quantitative estimate of drug-likeness (QED) is 0.307. The van der Waals surface area contributed by atoms with Gasteiger partial charge in [0.2, 0.25) is 10.0 Å². The van der Waals surface area contributed by atoms with Gasteiger partial charge in [0.25, 0.3) is 5.91 Å². The molecule has 1 N–H and O–H groups in total. The molecule has 0 aromatic heterocycles. The Labute approximate surface area is 210 Å². The SMILES string of the molecule is O=C(CN(Cc1ccccc1)S(=O)(=O)c1cc(Cl)ccc1Cl)NN=Cc1ccccc1C(F)(F)F. The largest absolute Gasteiger partial charge is 0.417 e. The van der Waals surface area contributed by atoms with Gasteiger partial charge >= 0.3 is 6.18 Å². The molecule has 3 aromatic carbocycles. The van der Waals surface area contributed by atoms with E-state index in [0.29, 0.717) is 5.56 Å². The maximum Gasteiger partial charge on any atom is 0.417 e. The van der Waals surface area contributed by atoms with Crippen LogP contribution in [0.4, 0.5) is 13.2 Å². The zero-order valence-electron chi connectivity index (χ0n) is 17.8. The van der Waals surface area contributed by atoms with Crippen LogP contribution in [0.3, 0.4) is 0 Å². The monoisotopic (exact) mass is 543 g/mol. The highest BCUT2D eigenvalue weighted by atomic mass is 35.5. The number of hydrogen-bond acceptors (Lipinski definition) is 4. The Hall–Kier alpha value is -2.92. The average molecular weight is 544 g/mol. The molecule has 1 amide bonds. The first-order valence-corrected chi connectivity index (χ1v) is 12.2. The summed E-state index contributed by atoms with van der Waals surface area (Å²) in [5.41, 5.74) is 1.47. The standard InChI is InChI=1S/C23H18Cl2F3N3O3S/c24-18-10-11-20(25)21(12-18)35(33,34)31(14-16-6-2-1-3-7-16)15-22(32)30-29-13-17-8-4-5-9-19(17)23(26,27)28/h1-13H,14-15H2,(H,30,32). The molecule has 0 atom stereocenters. The van der Waals surface area contributed by atoms with Gasteiger partial charge in [-0.15, -0.1) is 0 Å². The lowest BCUT2D eigenvalue weighted by Gasteiger charge is -2.22.